The number of thioether (sulfide) groups is 1. The molecule has 5 nitrogen and oxygen atoms in total. The maximum atomic E-state index is 13.0. The quantitative estimate of drug-likeness (QED) is 0.354. The van der Waals surface area contributed by atoms with Gasteiger partial charge < -0.3 is 0 Å². The van der Waals surface area contributed by atoms with E-state index in [2.05, 4.69) is 22.4 Å². The summed E-state index contributed by atoms with van der Waals surface area (Å²) in [4.78, 5) is 17.8. The molecule has 0 aliphatic carbocycles. The van der Waals surface area contributed by atoms with E-state index in [0.29, 0.717) is 10.7 Å². The number of pyridine rings is 1. The van der Waals surface area contributed by atoms with E-state index in [-0.39, 0.29) is 5.91 Å². The minimum Gasteiger partial charge on any atom is -0.296 e. The van der Waals surface area contributed by atoms with Crippen LogP contribution in [0, 0.1) is 6.92 Å². The van der Waals surface area contributed by atoms with Gasteiger partial charge in [-0.25, -0.2) is 4.98 Å². The predicted molar refractivity (Wildman–Crippen MR) is 116 cm³/mol. The molecule has 0 bridgehead atoms. The van der Waals surface area contributed by atoms with Gasteiger partial charge in [0.1, 0.15) is 0 Å². The number of aromatic nitrogens is 3. The van der Waals surface area contributed by atoms with E-state index in [4.69, 9.17) is 4.98 Å². The van der Waals surface area contributed by atoms with Crippen LogP contribution in [0.5, 0.6) is 0 Å². The third kappa shape index (κ3) is 3.90. The van der Waals surface area contributed by atoms with Crippen LogP contribution in [0.2, 0.25) is 0 Å². The van der Waals surface area contributed by atoms with Gasteiger partial charge in [-0.1, -0.05) is 78.1 Å². The van der Waals surface area contributed by atoms with Crippen LogP contribution in [0.3, 0.4) is 0 Å². The van der Waals surface area contributed by atoms with Crippen molar-refractivity contribution in [3.63, 3.8) is 0 Å². The summed E-state index contributed by atoms with van der Waals surface area (Å²) in [6.45, 7) is 4.10. The summed E-state index contributed by atoms with van der Waals surface area (Å²) in [5.74, 6) is 0.702. The number of nitrogens with zero attached hydrogens (tertiary/aromatic N) is 3. The zero-order valence-electron chi connectivity index (χ0n) is 15.5. The number of benzene rings is 2. The Labute approximate surface area is 171 Å². The molecule has 0 aliphatic heterocycles. The molecule has 2 aromatic heterocycles. The molecule has 28 heavy (non-hydrogen) atoms. The zero-order chi connectivity index (χ0) is 19.5. The standard InChI is InChI=1S/C21H18N4OS2/c1-3-27-21-25-24-20(28-21)23-19(26)16-12-18(14-10-8-13(2)9-11-14)22-17-7-5-4-6-15(16)17/h4-12H,3H2,1-2H3,(H,23,24,26). The van der Waals surface area contributed by atoms with Gasteiger partial charge in [0.2, 0.25) is 5.13 Å². The van der Waals surface area contributed by atoms with Crippen molar-refractivity contribution < 1.29 is 4.79 Å². The van der Waals surface area contributed by atoms with Crippen molar-refractivity contribution in [2.75, 3.05) is 11.1 Å². The van der Waals surface area contributed by atoms with Crippen molar-refractivity contribution in [3.05, 3.63) is 65.7 Å². The highest BCUT2D eigenvalue weighted by molar-refractivity contribution is 8.01. The molecule has 140 valence electrons. The molecule has 0 fully saturated rings. The fraction of sp³-hybridized carbons (Fsp3) is 0.143. The Morgan fingerprint density at radius 3 is 2.68 bits per heavy atom. The van der Waals surface area contributed by atoms with Crippen molar-refractivity contribution in [3.8, 4) is 11.3 Å². The van der Waals surface area contributed by atoms with E-state index in [0.717, 1.165) is 32.3 Å². The molecule has 0 atom stereocenters. The van der Waals surface area contributed by atoms with Crippen molar-refractivity contribution in [1.29, 1.82) is 0 Å². The van der Waals surface area contributed by atoms with Crippen molar-refractivity contribution >= 4 is 45.0 Å². The van der Waals surface area contributed by atoms with Crippen LogP contribution in [-0.4, -0.2) is 26.8 Å². The van der Waals surface area contributed by atoms with Crippen LogP contribution in [0.4, 0.5) is 5.13 Å². The van der Waals surface area contributed by atoms with E-state index in [1.54, 1.807) is 11.8 Å². The first-order valence-electron chi connectivity index (χ1n) is 8.88. The molecule has 7 heteroatoms. The fourth-order valence-corrected chi connectivity index (χ4v) is 4.49. The van der Waals surface area contributed by atoms with E-state index in [1.165, 1.54) is 16.9 Å². The van der Waals surface area contributed by atoms with Crippen LogP contribution < -0.4 is 5.32 Å². The molecule has 1 amide bonds. The second-order valence-corrected chi connectivity index (χ2v) is 8.69. The summed E-state index contributed by atoms with van der Waals surface area (Å²) in [6, 6.07) is 17.6. The largest absolute Gasteiger partial charge is 0.296 e. The number of carbonyl (C=O) groups is 1. The second-order valence-electron chi connectivity index (χ2n) is 6.20. The van der Waals surface area contributed by atoms with Gasteiger partial charge in [-0.05, 0) is 24.8 Å². The monoisotopic (exact) mass is 406 g/mol. The Balaban J connectivity index is 1.73. The summed E-state index contributed by atoms with van der Waals surface area (Å²) < 4.78 is 0.845. The first-order valence-corrected chi connectivity index (χ1v) is 10.7. The van der Waals surface area contributed by atoms with Gasteiger partial charge in [-0.15, -0.1) is 10.2 Å². The van der Waals surface area contributed by atoms with Gasteiger partial charge in [0, 0.05) is 10.9 Å². The van der Waals surface area contributed by atoms with Gasteiger partial charge in [-0.3, -0.25) is 10.1 Å². The number of para-hydroxylation sites is 1. The summed E-state index contributed by atoms with van der Waals surface area (Å²) >= 11 is 2.99. The van der Waals surface area contributed by atoms with Gasteiger partial charge in [0.25, 0.3) is 5.91 Å². The summed E-state index contributed by atoms with van der Waals surface area (Å²) in [5.41, 5.74) is 4.28. The maximum absolute atomic E-state index is 13.0. The number of rotatable bonds is 5. The number of hydrogen-bond donors (Lipinski definition) is 1. The molecule has 0 aliphatic rings. The Morgan fingerprint density at radius 2 is 1.89 bits per heavy atom. The number of nitrogens with one attached hydrogen (secondary N) is 1. The minimum atomic E-state index is -0.212. The average molecular weight is 407 g/mol. The molecular formula is C21H18N4OS2. The molecule has 0 unspecified atom stereocenters. The molecule has 0 saturated heterocycles. The average Bonchev–Trinajstić information content (AvgIpc) is 3.15. The van der Waals surface area contributed by atoms with Crippen LogP contribution >= 0.6 is 23.1 Å². The SMILES string of the molecule is CCSc1nnc(NC(=O)c2cc(-c3ccc(C)cc3)nc3ccccc23)s1. The van der Waals surface area contributed by atoms with Gasteiger partial charge >= 0.3 is 0 Å². The highest BCUT2D eigenvalue weighted by Gasteiger charge is 2.16. The summed E-state index contributed by atoms with van der Waals surface area (Å²) in [5, 5.41) is 12.4. The Morgan fingerprint density at radius 1 is 1.11 bits per heavy atom. The fourth-order valence-electron chi connectivity index (χ4n) is 2.84. The van der Waals surface area contributed by atoms with Crippen molar-refractivity contribution in [1.82, 2.24) is 15.2 Å². The molecule has 4 rings (SSSR count). The summed E-state index contributed by atoms with van der Waals surface area (Å²) in [6.07, 6.45) is 0. The lowest BCUT2D eigenvalue weighted by atomic mass is 10.0. The van der Waals surface area contributed by atoms with Gasteiger partial charge in [-0.2, -0.15) is 0 Å². The zero-order valence-corrected chi connectivity index (χ0v) is 17.1. The molecule has 2 heterocycles. The molecule has 2 aromatic carbocycles. The Kier molecular flexibility index (Phi) is 5.36. The lowest BCUT2D eigenvalue weighted by Gasteiger charge is -2.09. The summed E-state index contributed by atoms with van der Waals surface area (Å²) in [7, 11) is 0. The number of amides is 1. The highest BCUT2D eigenvalue weighted by Crippen LogP contribution is 2.28. The van der Waals surface area contributed by atoms with E-state index in [9.17, 15) is 4.79 Å². The predicted octanol–water partition coefficient (Wildman–Crippen LogP) is 5.43. The molecule has 4 aromatic rings. The van der Waals surface area contributed by atoms with Crippen LogP contribution in [-0.2, 0) is 0 Å². The Bertz CT molecular complexity index is 1140. The third-order valence-corrected chi connectivity index (χ3v) is 6.06. The van der Waals surface area contributed by atoms with Gasteiger partial charge in [0.05, 0.1) is 16.8 Å². The van der Waals surface area contributed by atoms with E-state index < -0.39 is 0 Å². The van der Waals surface area contributed by atoms with E-state index in [1.807, 2.05) is 61.5 Å². The number of anilines is 1. The molecular weight excluding hydrogens is 388 g/mol. The number of carbonyl (C=O) groups excluding carboxylic acids is 1. The molecule has 0 saturated carbocycles. The number of fused-ring (bicyclic) bond motifs is 1. The smallest absolute Gasteiger partial charge is 0.258 e. The third-order valence-electron chi connectivity index (χ3n) is 4.20. The first-order chi connectivity index (χ1) is 13.6. The normalized spacial score (nSPS) is 10.9. The minimum absolute atomic E-state index is 0.212. The lowest BCUT2D eigenvalue weighted by Crippen LogP contribution is -2.13. The number of aryl methyl sites for hydroxylation is 1. The van der Waals surface area contributed by atoms with E-state index >= 15 is 0 Å². The van der Waals surface area contributed by atoms with Gasteiger partial charge in [0.15, 0.2) is 4.34 Å². The second kappa shape index (κ2) is 8.08. The van der Waals surface area contributed by atoms with Crippen LogP contribution in [0.25, 0.3) is 22.2 Å². The highest BCUT2D eigenvalue weighted by atomic mass is 32.2. The molecule has 0 radical (unpaired) electrons. The van der Waals surface area contributed by atoms with Crippen LogP contribution in [0.1, 0.15) is 22.8 Å². The molecule has 1 N–H and O–H groups in total. The Hall–Kier alpha value is -2.77. The molecule has 0 spiro atoms. The number of hydrogen-bond acceptors (Lipinski definition) is 6. The topological polar surface area (TPSA) is 67.8 Å². The lowest BCUT2D eigenvalue weighted by molar-refractivity contribution is 0.102. The van der Waals surface area contributed by atoms with Crippen molar-refractivity contribution in [2.45, 2.75) is 18.2 Å². The maximum Gasteiger partial charge on any atom is 0.258 e. The van der Waals surface area contributed by atoms with Crippen molar-refractivity contribution in [2.24, 2.45) is 0 Å². The van der Waals surface area contributed by atoms with Crippen LogP contribution in [0.15, 0.2) is 58.9 Å². The first kappa shape index (κ1) is 18.6.